The van der Waals surface area contributed by atoms with E-state index in [1.807, 2.05) is 6.07 Å². The minimum absolute atomic E-state index is 0.139. The molecule has 4 rings (SSSR count). The fourth-order valence-electron chi connectivity index (χ4n) is 3.48. The van der Waals surface area contributed by atoms with Gasteiger partial charge in [-0.05, 0) is 25.8 Å². The van der Waals surface area contributed by atoms with Gasteiger partial charge in [-0.2, -0.15) is 5.10 Å². The Morgan fingerprint density at radius 1 is 1.42 bits per heavy atom. The Hall–Kier alpha value is -2.61. The summed E-state index contributed by atoms with van der Waals surface area (Å²) in [4.78, 5) is 18.1. The molecule has 2 aliphatic rings. The lowest BCUT2D eigenvalue weighted by Gasteiger charge is -2.32. The molecule has 1 saturated heterocycles. The van der Waals surface area contributed by atoms with Gasteiger partial charge in [-0.25, -0.2) is 14.3 Å². The van der Waals surface area contributed by atoms with Gasteiger partial charge >= 0.3 is 5.97 Å². The van der Waals surface area contributed by atoms with Crippen LogP contribution in [-0.4, -0.2) is 46.3 Å². The van der Waals surface area contributed by atoms with Crippen LogP contribution in [0.3, 0.4) is 0 Å². The highest BCUT2D eigenvalue weighted by Gasteiger charge is 2.28. The van der Waals surface area contributed by atoms with Crippen LogP contribution in [0, 0.1) is 0 Å². The number of hydrogen-bond acceptors (Lipinski definition) is 7. The lowest BCUT2D eigenvalue weighted by atomic mass is 10.1. The minimum Gasteiger partial charge on any atom is -0.457 e. The van der Waals surface area contributed by atoms with Gasteiger partial charge in [0.1, 0.15) is 18.5 Å². The molecule has 0 radical (unpaired) electrons. The summed E-state index contributed by atoms with van der Waals surface area (Å²) < 4.78 is 6.90. The number of anilines is 2. The fourth-order valence-corrected chi connectivity index (χ4v) is 3.48. The highest BCUT2D eigenvalue weighted by molar-refractivity contribution is 6.02. The maximum Gasteiger partial charge on any atom is 0.334 e. The maximum atomic E-state index is 11.7. The first-order valence-corrected chi connectivity index (χ1v) is 8.06. The third-order valence-electron chi connectivity index (χ3n) is 4.78. The molecule has 0 amide bonds. The van der Waals surface area contributed by atoms with E-state index < -0.39 is 0 Å². The predicted octanol–water partition coefficient (Wildman–Crippen LogP) is 0.569. The summed E-state index contributed by atoms with van der Waals surface area (Å²) in [5.74, 6) is 0.123. The van der Waals surface area contributed by atoms with Gasteiger partial charge in [0, 0.05) is 30.3 Å². The van der Waals surface area contributed by atoms with Crippen molar-refractivity contribution in [1.82, 2.24) is 14.6 Å². The van der Waals surface area contributed by atoms with Crippen molar-refractivity contribution >= 4 is 28.6 Å². The zero-order valence-corrected chi connectivity index (χ0v) is 13.5. The molecule has 0 unspecified atom stereocenters. The molecule has 126 valence electrons. The van der Waals surface area contributed by atoms with Crippen LogP contribution in [0.25, 0.3) is 11.1 Å². The van der Waals surface area contributed by atoms with Crippen LogP contribution in [0.4, 0.5) is 11.5 Å². The number of cyclic esters (lactones) is 1. The molecule has 4 heterocycles. The van der Waals surface area contributed by atoms with Gasteiger partial charge in [-0.15, -0.1) is 0 Å². The van der Waals surface area contributed by atoms with Gasteiger partial charge in [-0.3, -0.25) is 0 Å². The molecular weight excluding hydrogens is 308 g/mol. The molecule has 0 spiro atoms. The first-order valence-electron chi connectivity index (χ1n) is 8.06. The van der Waals surface area contributed by atoms with E-state index in [9.17, 15) is 4.79 Å². The number of hydrogen-bond donors (Lipinski definition) is 2. The van der Waals surface area contributed by atoms with Gasteiger partial charge in [0.05, 0.1) is 11.4 Å². The molecule has 1 atom stereocenters. The summed E-state index contributed by atoms with van der Waals surface area (Å²) in [6.45, 7) is 3.69. The van der Waals surface area contributed by atoms with Crippen LogP contribution in [0.1, 0.15) is 25.5 Å². The Balaban J connectivity index is 1.91. The number of carbonyl (C=O) groups is 1. The Labute approximate surface area is 139 Å². The molecule has 4 N–H and O–H groups in total. The van der Waals surface area contributed by atoms with Gasteiger partial charge in [0.15, 0.2) is 5.82 Å². The second-order valence-corrected chi connectivity index (χ2v) is 6.35. The van der Waals surface area contributed by atoms with Crippen LogP contribution in [0.5, 0.6) is 0 Å². The van der Waals surface area contributed by atoms with E-state index >= 15 is 0 Å². The molecule has 0 bridgehead atoms. The molecule has 8 nitrogen and oxygen atoms in total. The molecule has 0 aromatic carbocycles. The Bertz CT molecular complexity index is 856. The predicted molar refractivity (Wildman–Crippen MR) is 90.4 cm³/mol. The quantitative estimate of drug-likeness (QED) is 0.775. The summed E-state index contributed by atoms with van der Waals surface area (Å²) in [6, 6.07) is 2.15. The van der Waals surface area contributed by atoms with Crippen LogP contribution in [0.2, 0.25) is 0 Å². The van der Waals surface area contributed by atoms with Gasteiger partial charge in [0.2, 0.25) is 0 Å². The normalized spacial score (nSPS) is 21.7. The number of nitrogen functional groups attached to an aromatic ring is 1. The van der Waals surface area contributed by atoms with Crippen LogP contribution in [0.15, 0.2) is 18.0 Å². The Morgan fingerprint density at radius 3 is 2.96 bits per heavy atom. The molecule has 8 heteroatoms. The van der Waals surface area contributed by atoms with Crippen molar-refractivity contribution in [2.75, 3.05) is 30.3 Å². The van der Waals surface area contributed by atoms with Crippen molar-refractivity contribution in [2.24, 2.45) is 5.73 Å². The largest absolute Gasteiger partial charge is 0.457 e. The van der Waals surface area contributed by atoms with E-state index in [0.717, 1.165) is 48.4 Å². The smallest absolute Gasteiger partial charge is 0.334 e. The fraction of sp³-hybridized carbons (Fsp3) is 0.438. The van der Waals surface area contributed by atoms with Gasteiger partial charge in [0.25, 0.3) is 0 Å². The monoisotopic (exact) mass is 328 g/mol. The lowest BCUT2D eigenvalue weighted by molar-refractivity contribution is -0.135. The summed E-state index contributed by atoms with van der Waals surface area (Å²) in [6.07, 6.45) is 3.48. The number of piperidine rings is 1. The number of fused-ring (bicyclic) bond motifs is 1. The lowest BCUT2D eigenvalue weighted by Crippen LogP contribution is -2.42. The van der Waals surface area contributed by atoms with Crippen molar-refractivity contribution in [3.8, 4) is 0 Å². The topological polar surface area (TPSA) is 112 Å². The van der Waals surface area contributed by atoms with Crippen LogP contribution >= 0.6 is 0 Å². The van der Waals surface area contributed by atoms with Crippen molar-refractivity contribution in [2.45, 2.75) is 25.8 Å². The average Bonchev–Trinajstić information content (AvgIpc) is 3.10. The summed E-state index contributed by atoms with van der Waals surface area (Å²) in [5.41, 5.74) is 16.2. The molecule has 2 aromatic heterocycles. The first-order chi connectivity index (χ1) is 11.6. The average molecular weight is 328 g/mol. The van der Waals surface area contributed by atoms with E-state index in [4.69, 9.17) is 16.2 Å². The summed E-state index contributed by atoms with van der Waals surface area (Å²) >= 11 is 0. The third-order valence-corrected chi connectivity index (χ3v) is 4.78. The number of esters is 1. The van der Waals surface area contributed by atoms with Crippen molar-refractivity contribution < 1.29 is 9.53 Å². The minimum atomic E-state index is -0.288. The zero-order valence-electron chi connectivity index (χ0n) is 13.5. The number of ether oxygens (including phenoxy) is 1. The summed E-state index contributed by atoms with van der Waals surface area (Å²) in [7, 11) is 0. The molecule has 0 saturated carbocycles. The second kappa shape index (κ2) is 5.48. The molecule has 2 aromatic rings. The number of nitrogens with two attached hydrogens (primary N) is 2. The van der Waals surface area contributed by atoms with Gasteiger partial charge in [-0.1, -0.05) is 0 Å². The maximum absolute atomic E-state index is 11.7. The van der Waals surface area contributed by atoms with E-state index in [0.29, 0.717) is 11.4 Å². The van der Waals surface area contributed by atoms with E-state index in [1.54, 1.807) is 11.4 Å². The highest BCUT2D eigenvalue weighted by Crippen LogP contribution is 2.35. The van der Waals surface area contributed by atoms with E-state index in [2.05, 4.69) is 15.0 Å². The van der Waals surface area contributed by atoms with E-state index in [-0.39, 0.29) is 18.6 Å². The SMILES string of the molecule is CC1=C(c2cc(N3CCC[C@@H](N)C3)c3c(N)ncnn23)COC1=O. The van der Waals surface area contributed by atoms with Crippen LogP contribution in [-0.2, 0) is 9.53 Å². The number of aromatic nitrogens is 3. The van der Waals surface area contributed by atoms with Crippen molar-refractivity contribution in [3.63, 3.8) is 0 Å². The Morgan fingerprint density at radius 2 is 2.25 bits per heavy atom. The van der Waals surface area contributed by atoms with Gasteiger partial charge < -0.3 is 21.1 Å². The number of nitrogens with zero attached hydrogens (tertiary/aromatic N) is 4. The Kier molecular flexibility index (Phi) is 3.42. The van der Waals surface area contributed by atoms with Crippen LogP contribution < -0.4 is 16.4 Å². The first kappa shape index (κ1) is 14.9. The molecule has 1 fully saturated rings. The summed E-state index contributed by atoms with van der Waals surface area (Å²) in [5, 5.41) is 4.35. The molecule has 2 aliphatic heterocycles. The zero-order chi connectivity index (χ0) is 16.8. The second-order valence-electron chi connectivity index (χ2n) is 6.35. The van der Waals surface area contributed by atoms with Crippen molar-refractivity contribution in [1.29, 1.82) is 0 Å². The van der Waals surface area contributed by atoms with E-state index in [1.165, 1.54) is 6.33 Å². The van der Waals surface area contributed by atoms with Crippen molar-refractivity contribution in [3.05, 3.63) is 23.7 Å². The third kappa shape index (κ3) is 2.22. The molecule has 24 heavy (non-hydrogen) atoms. The molecule has 0 aliphatic carbocycles. The molecular formula is C16H20N6O2. The number of carbonyl (C=O) groups excluding carboxylic acids is 1. The highest BCUT2D eigenvalue weighted by atomic mass is 16.5. The standard InChI is InChI=1S/C16H20N6O2/c1-9-11(7-24-16(9)23)12-5-13(21-4-2-3-10(17)6-21)14-15(18)19-8-20-22(12)14/h5,8,10H,2-4,6-7,17H2,1H3,(H2,18,19,20)/t10-/m1/s1. The number of rotatable bonds is 2.